The molecule has 0 fully saturated rings. The third-order valence-corrected chi connectivity index (χ3v) is 7.21. The summed E-state index contributed by atoms with van der Waals surface area (Å²) in [6.45, 7) is 0. The molecule has 6 heteroatoms. The van der Waals surface area contributed by atoms with Gasteiger partial charge in [-0.3, -0.25) is 0 Å². The molecule has 0 aliphatic heterocycles. The summed E-state index contributed by atoms with van der Waals surface area (Å²) in [6.07, 6.45) is 0. The summed E-state index contributed by atoms with van der Waals surface area (Å²) < 4.78 is 42.6. The van der Waals surface area contributed by atoms with Gasteiger partial charge in [0.05, 0.1) is 7.11 Å². The molecule has 25 heavy (non-hydrogen) atoms. The molecule has 3 nitrogen and oxygen atoms in total. The second-order valence-corrected chi connectivity index (χ2v) is 8.78. The molecule has 128 valence electrons. The van der Waals surface area contributed by atoms with Crippen LogP contribution in [0.15, 0.2) is 83.8 Å². The molecule has 0 unspecified atom stereocenters. The van der Waals surface area contributed by atoms with Gasteiger partial charge in [-0.05, 0) is 30.7 Å². The first kappa shape index (κ1) is 17.6. The Morgan fingerprint density at radius 1 is 0.840 bits per heavy atom. The quantitative estimate of drug-likeness (QED) is 0.509. The molecule has 0 atom stereocenters. The third-order valence-electron chi connectivity index (χ3n) is 3.70. The molecule has 0 amide bonds. The predicted octanol–water partition coefficient (Wildman–Crippen LogP) is 3.11. The van der Waals surface area contributed by atoms with E-state index in [1.807, 2.05) is 60.7 Å². The Hall–Kier alpha value is -2.23. The van der Waals surface area contributed by atoms with E-state index in [2.05, 4.69) is 0 Å². The van der Waals surface area contributed by atoms with Crippen LogP contribution in [-0.4, -0.2) is 15.5 Å². The lowest BCUT2D eigenvalue weighted by atomic mass is 10.3. The normalized spacial score (nSPS) is 11.5. The number of hydrogen-bond donors (Lipinski definition) is 0. The second-order valence-electron chi connectivity index (χ2n) is 5.28. The molecular formula is C19H16FO3PS. The topological polar surface area (TPSA) is 43.4 Å². The predicted molar refractivity (Wildman–Crippen MR) is 100.0 cm³/mol. The minimum Gasteiger partial charge on any atom is -0.497 e. The molecule has 0 aliphatic carbocycles. The van der Waals surface area contributed by atoms with E-state index < -0.39 is 18.1 Å². The van der Waals surface area contributed by atoms with Crippen molar-refractivity contribution >= 4 is 34.1 Å². The molecular weight excluding hydrogens is 358 g/mol. The minimum absolute atomic E-state index is 0.302. The van der Waals surface area contributed by atoms with E-state index >= 15 is 0 Å². The van der Waals surface area contributed by atoms with Crippen LogP contribution in [-0.2, 0) is 10.2 Å². The summed E-state index contributed by atoms with van der Waals surface area (Å²) in [4.78, 5) is -0.342. The highest BCUT2D eigenvalue weighted by Gasteiger charge is 2.26. The number of ether oxygens (including phenoxy) is 1. The highest BCUT2D eigenvalue weighted by Crippen LogP contribution is 2.36. The van der Waals surface area contributed by atoms with Gasteiger partial charge in [0, 0.05) is 11.4 Å². The molecule has 0 aliphatic rings. The van der Waals surface area contributed by atoms with Crippen LogP contribution in [0.5, 0.6) is 5.75 Å². The smallest absolute Gasteiger partial charge is 0.332 e. The molecule has 0 aromatic heterocycles. The van der Waals surface area contributed by atoms with Gasteiger partial charge in [0.2, 0.25) is 0 Å². The third kappa shape index (κ3) is 3.89. The van der Waals surface area contributed by atoms with E-state index in [-0.39, 0.29) is 4.90 Å². The zero-order chi connectivity index (χ0) is 17.9. The van der Waals surface area contributed by atoms with Gasteiger partial charge in [0.15, 0.2) is 0 Å². The molecule has 3 aromatic carbocycles. The molecule has 0 N–H and O–H groups in total. The summed E-state index contributed by atoms with van der Waals surface area (Å²) in [5, 5.41) is 2.33. The first-order chi connectivity index (χ1) is 12.0. The van der Waals surface area contributed by atoms with Gasteiger partial charge in [0.1, 0.15) is 10.6 Å². The van der Waals surface area contributed by atoms with Gasteiger partial charge in [-0.1, -0.05) is 60.7 Å². The average Bonchev–Trinajstić information content (AvgIpc) is 2.63. The number of methoxy groups -OCH3 is 1. The summed E-state index contributed by atoms with van der Waals surface area (Å²) in [5.74, 6) is 0.302. The Kier molecular flexibility index (Phi) is 5.16. The molecule has 0 saturated carbocycles. The van der Waals surface area contributed by atoms with Gasteiger partial charge in [-0.2, -0.15) is 8.42 Å². The maximum atomic E-state index is 14.0. The van der Waals surface area contributed by atoms with Crippen LogP contribution in [0.1, 0.15) is 0 Å². The Bertz CT molecular complexity index is 921. The van der Waals surface area contributed by atoms with Gasteiger partial charge in [0.25, 0.3) is 0 Å². The van der Waals surface area contributed by atoms with E-state index in [0.717, 1.165) is 10.6 Å². The van der Waals surface area contributed by atoms with Crippen molar-refractivity contribution in [1.29, 1.82) is 0 Å². The maximum absolute atomic E-state index is 14.0. The number of rotatable bonds is 5. The van der Waals surface area contributed by atoms with Gasteiger partial charge >= 0.3 is 10.2 Å². The lowest BCUT2D eigenvalue weighted by Gasteiger charge is -2.21. The largest absolute Gasteiger partial charge is 0.497 e. The van der Waals surface area contributed by atoms with Crippen molar-refractivity contribution in [3.63, 3.8) is 0 Å². The molecule has 0 bridgehead atoms. The number of benzene rings is 3. The van der Waals surface area contributed by atoms with Crippen molar-refractivity contribution in [3.05, 3.63) is 78.9 Å². The van der Waals surface area contributed by atoms with Crippen LogP contribution >= 0.6 is 7.92 Å². The minimum atomic E-state index is -4.89. The highest BCUT2D eigenvalue weighted by molar-refractivity contribution is 7.88. The lowest BCUT2D eigenvalue weighted by molar-refractivity contribution is 0.413. The summed E-state index contributed by atoms with van der Waals surface area (Å²) >= 11 is 0. The van der Waals surface area contributed by atoms with E-state index in [0.29, 0.717) is 11.1 Å². The zero-order valence-electron chi connectivity index (χ0n) is 13.5. The number of hydrogen-bond acceptors (Lipinski definition) is 3. The Labute approximate surface area is 148 Å². The van der Waals surface area contributed by atoms with Crippen LogP contribution in [0.25, 0.3) is 0 Å². The van der Waals surface area contributed by atoms with Crippen LogP contribution in [0.4, 0.5) is 3.89 Å². The fraction of sp³-hybridized carbons (Fsp3) is 0.0526. The van der Waals surface area contributed by atoms with Crippen molar-refractivity contribution < 1.29 is 17.0 Å². The van der Waals surface area contributed by atoms with Crippen LogP contribution in [0.2, 0.25) is 0 Å². The SMILES string of the molecule is COc1ccc(P(c2ccccc2)c2ccccc2)c(S(=O)(=O)F)c1. The Morgan fingerprint density at radius 2 is 1.36 bits per heavy atom. The van der Waals surface area contributed by atoms with Gasteiger partial charge in [-0.25, -0.2) is 0 Å². The lowest BCUT2D eigenvalue weighted by Crippen LogP contribution is -2.24. The van der Waals surface area contributed by atoms with E-state index in [4.69, 9.17) is 4.74 Å². The van der Waals surface area contributed by atoms with Crippen molar-refractivity contribution in [3.8, 4) is 5.75 Å². The molecule has 0 heterocycles. The van der Waals surface area contributed by atoms with Crippen LogP contribution < -0.4 is 20.7 Å². The molecule has 0 spiro atoms. The fourth-order valence-corrected chi connectivity index (χ4v) is 6.06. The van der Waals surface area contributed by atoms with Gasteiger partial charge in [-0.15, -0.1) is 3.89 Å². The Morgan fingerprint density at radius 3 is 1.80 bits per heavy atom. The average molecular weight is 374 g/mol. The molecule has 3 aromatic rings. The first-order valence-electron chi connectivity index (χ1n) is 7.53. The summed E-state index contributed by atoms with van der Waals surface area (Å²) in [5.41, 5.74) is 0. The highest BCUT2D eigenvalue weighted by atomic mass is 32.3. The second kappa shape index (κ2) is 7.34. The van der Waals surface area contributed by atoms with E-state index in [9.17, 15) is 12.3 Å². The van der Waals surface area contributed by atoms with Crippen molar-refractivity contribution in [2.75, 3.05) is 7.11 Å². The van der Waals surface area contributed by atoms with Gasteiger partial charge < -0.3 is 4.74 Å². The molecule has 0 saturated heterocycles. The van der Waals surface area contributed by atoms with Crippen molar-refractivity contribution in [2.45, 2.75) is 4.90 Å². The fourth-order valence-electron chi connectivity index (χ4n) is 2.58. The first-order valence-corrected chi connectivity index (χ1v) is 10.3. The van der Waals surface area contributed by atoms with Crippen LogP contribution in [0, 0.1) is 0 Å². The monoisotopic (exact) mass is 374 g/mol. The number of halogens is 1. The Balaban J connectivity index is 2.28. The van der Waals surface area contributed by atoms with E-state index in [1.165, 1.54) is 13.2 Å². The van der Waals surface area contributed by atoms with Crippen LogP contribution in [0.3, 0.4) is 0 Å². The van der Waals surface area contributed by atoms with Crippen molar-refractivity contribution in [1.82, 2.24) is 0 Å². The summed E-state index contributed by atoms with van der Waals surface area (Å²) in [6, 6.07) is 23.6. The standard InChI is InChI=1S/C19H16FO3PS/c1-23-15-12-13-18(19(14-15)25(20,21)22)24(16-8-4-2-5-9-16)17-10-6-3-7-11-17/h2-14H,1H3. The van der Waals surface area contributed by atoms with E-state index in [1.54, 1.807) is 12.1 Å². The summed E-state index contributed by atoms with van der Waals surface area (Å²) in [7, 11) is -4.70. The molecule has 0 radical (unpaired) electrons. The van der Waals surface area contributed by atoms with Crippen molar-refractivity contribution in [2.24, 2.45) is 0 Å². The zero-order valence-corrected chi connectivity index (χ0v) is 15.2. The maximum Gasteiger partial charge on any atom is 0.332 e. The molecule has 3 rings (SSSR count).